The Morgan fingerprint density at radius 2 is 1.72 bits per heavy atom. The molecule has 2 aliphatic rings. The normalized spacial score (nSPS) is 24.2. The molecular weight excluding hydrogens is 320 g/mol. The summed E-state index contributed by atoms with van der Waals surface area (Å²) in [6.07, 6.45) is 3.85. The molecule has 3 rings (SSSR count). The third kappa shape index (κ3) is 3.52. The van der Waals surface area contributed by atoms with Crippen molar-refractivity contribution in [2.75, 3.05) is 13.2 Å². The van der Waals surface area contributed by atoms with Gasteiger partial charge in [0, 0.05) is 6.04 Å². The van der Waals surface area contributed by atoms with Crippen LogP contribution in [0.1, 0.15) is 38.2 Å². The summed E-state index contributed by atoms with van der Waals surface area (Å²) in [6, 6.07) is 6.87. The Morgan fingerprint density at radius 3 is 2.40 bits per heavy atom. The van der Waals surface area contributed by atoms with Crippen molar-refractivity contribution in [2.24, 2.45) is 5.92 Å². The molecule has 6 nitrogen and oxygen atoms in total. The van der Waals surface area contributed by atoms with E-state index in [-0.39, 0.29) is 25.1 Å². The zero-order valence-corrected chi connectivity index (χ0v) is 14.7. The van der Waals surface area contributed by atoms with Crippen molar-refractivity contribution in [3.63, 3.8) is 0 Å². The lowest BCUT2D eigenvalue weighted by atomic mass is 9.85. The Labute approximate surface area is 147 Å². The molecule has 1 saturated heterocycles. The number of imide groups is 2. The van der Waals surface area contributed by atoms with Crippen LogP contribution >= 0.6 is 0 Å². The van der Waals surface area contributed by atoms with Crippen molar-refractivity contribution in [1.82, 2.24) is 9.80 Å². The van der Waals surface area contributed by atoms with Crippen LogP contribution in [-0.4, -0.2) is 46.8 Å². The highest BCUT2D eigenvalue weighted by atomic mass is 16.5. The minimum atomic E-state index is -0.740. The van der Waals surface area contributed by atoms with Gasteiger partial charge in [0.15, 0.2) is 0 Å². The summed E-state index contributed by atoms with van der Waals surface area (Å²) < 4.78 is 5.58. The van der Waals surface area contributed by atoms with E-state index in [0.29, 0.717) is 5.75 Å². The Hall–Kier alpha value is -2.37. The van der Waals surface area contributed by atoms with Gasteiger partial charge in [0.1, 0.15) is 12.4 Å². The second-order valence-electron chi connectivity index (χ2n) is 6.91. The molecule has 0 aromatic heterocycles. The van der Waals surface area contributed by atoms with Gasteiger partial charge in [-0.25, -0.2) is 4.79 Å². The van der Waals surface area contributed by atoms with Crippen LogP contribution in [-0.2, 0) is 9.59 Å². The number of amides is 4. The van der Waals surface area contributed by atoms with Gasteiger partial charge in [-0.1, -0.05) is 37.5 Å². The van der Waals surface area contributed by atoms with Crippen molar-refractivity contribution in [1.29, 1.82) is 0 Å². The van der Waals surface area contributed by atoms with Gasteiger partial charge in [0.25, 0.3) is 0 Å². The molecule has 0 bridgehead atoms. The van der Waals surface area contributed by atoms with E-state index in [9.17, 15) is 14.4 Å². The van der Waals surface area contributed by atoms with Crippen LogP contribution in [0.5, 0.6) is 5.75 Å². The third-order valence-electron chi connectivity index (χ3n) is 5.09. The predicted octanol–water partition coefficient (Wildman–Crippen LogP) is 2.74. The van der Waals surface area contributed by atoms with Gasteiger partial charge in [0.05, 0.1) is 6.54 Å². The van der Waals surface area contributed by atoms with Crippen LogP contribution in [0.3, 0.4) is 0 Å². The van der Waals surface area contributed by atoms with Gasteiger partial charge in [-0.2, -0.15) is 0 Å². The molecule has 1 heterocycles. The zero-order chi connectivity index (χ0) is 18.0. The van der Waals surface area contributed by atoms with E-state index in [1.165, 1.54) is 4.90 Å². The van der Waals surface area contributed by atoms with Crippen molar-refractivity contribution < 1.29 is 19.1 Å². The topological polar surface area (TPSA) is 66.9 Å². The molecular formula is C19H24N2O4. The first-order valence-corrected chi connectivity index (χ1v) is 8.87. The number of hydrogen-bond donors (Lipinski definition) is 0. The first-order valence-electron chi connectivity index (χ1n) is 8.87. The lowest BCUT2D eigenvalue weighted by molar-refractivity contribution is -0.144. The van der Waals surface area contributed by atoms with Gasteiger partial charge < -0.3 is 4.74 Å². The Morgan fingerprint density at radius 1 is 1.04 bits per heavy atom. The molecule has 6 heteroatoms. The Kier molecular flexibility index (Phi) is 5.06. The molecule has 0 radical (unpaired) electrons. The Bertz CT molecular complexity index is 671. The van der Waals surface area contributed by atoms with Crippen molar-refractivity contribution in [2.45, 2.75) is 45.6 Å². The number of carbonyl (C=O) groups excluding carboxylic acids is 3. The fraction of sp³-hybridized carbons (Fsp3) is 0.526. The molecule has 4 amide bonds. The molecule has 1 aliphatic carbocycles. The molecule has 2 atom stereocenters. The van der Waals surface area contributed by atoms with Gasteiger partial charge in [0.2, 0.25) is 0 Å². The summed E-state index contributed by atoms with van der Waals surface area (Å²) in [6.45, 7) is 4.27. The van der Waals surface area contributed by atoms with E-state index in [0.717, 1.165) is 36.1 Å². The number of rotatable bonds is 5. The SMILES string of the molecule is Cc1ccc(OCCN2C(=O)C(=O)N([C@H]3CCCC[C@H]3C)C2=O)cc1. The summed E-state index contributed by atoms with van der Waals surface area (Å²) in [5.74, 6) is -0.527. The van der Waals surface area contributed by atoms with E-state index in [4.69, 9.17) is 4.74 Å². The number of urea groups is 1. The summed E-state index contributed by atoms with van der Waals surface area (Å²) >= 11 is 0. The quantitative estimate of drug-likeness (QED) is 0.608. The number of aryl methyl sites for hydroxylation is 1. The molecule has 1 aromatic rings. The average molecular weight is 344 g/mol. The number of nitrogens with zero attached hydrogens (tertiary/aromatic N) is 2. The molecule has 134 valence electrons. The zero-order valence-electron chi connectivity index (χ0n) is 14.7. The maximum Gasteiger partial charge on any atom is 0.334 e. The summed E-state index contributed by atoms with van der Waals surface area (Å²) in [5.41, 5.74) is 1.13. The molecule has 1 aromatic carbocycles. The first-order chi connectivity index (χ1) is 12.0. The summed E-state index contributed by atoms with van der Waals surface area (Å²) in [4.78, 5) is 39.3. The van der Waals surface area contributed by atoms with Crippen LogP contribution < -0.4 is 4.74 Å². The van der Waals surface area contributed by atoms with Gasteiger partial charge in [-0.05, 0) is 37.8 Å². The first kappa shape index (κ1) is 17.5. The fourth-order valence-electron chi connectivity index (χ4n) is 3.58. The third-order valence-corrected chi connectivity index (χ3v) is 5.09. The lowest BCUT2D eigenvalue weighted by Gasteiger charge is -2.34. The molecule has 1 aliphatic heterocycles. The molecule has 2 fully saturated rings. The predicted molar refractivity (Wildman–Crippen MR) is 92.0 cm³/mol. The van der Waals surface area contributed by atoms with Crippen molar-refractivity contribution >= 4 is 17.8 Å². The largest absolute Gasteiger partial charge is 0.492 e. The maximum atomic E-state index is 12.6. The molecule has 0 unspecified atom stereocenters. The van der Waals surface area contributed by atoms with E-state index >= 15 is 0 Å². The average Bonchev–Trinajstić information content (AvgIpc) is 2.81. The highest BCUT2D eigenvalue weighted by molar-refractivity contribution is 6.44. The van der Waals surface area contributed by atoms with E-state index in [1.54, 1.807) is 0 Å². The van der Waals surface area contributed by atoms with Crippen LogP contribution in [0.4, 0.5) is 4.79 Å². The molecule has 0 N–H and O–H groups in total. The smallest absolute Gasteiger partial charge is 0.334 e. The summed E-state index contributed by atoms with van der Waals surface area (Å²) in [7, 11) is 0. The highest BCUT2D eigenvalue weighted by Crippen LogP contribution is 2.31. The summed E-state index contributed by atoms with van der Waals surface area (Å²) in [5, 5.41) is 0. The monoisotopic (exact) mass is 344 g/mol. The van der Waals surface area contributed by atoms with Crippen LogP contribution in [0.15, 0.2) is 24.3 Å². The van der Waals surface area contributed by atoms with Gasteiger partial charge in [-0.15, -0.1) is 0 Å². The van der Waals surface area contributed by atoms with Crippen LogP contribution in [0, 0.1) is 12.8 Å². The van der Waals surface area contributed by atoms with Crippen LogP contribution in [0.2, 0.25) is 0 Å². The molecule has 25 heavy (non-hydrogen) atoms. The number of ether oxygens (including phenoxy) is 1. The highest BCUT2D eigenvalue weighted by Gasteiger charge is 2.48. The van der Waals surface area contributed by atoms with Crippen molar-refractivity contribution in [3.8, 4) is 5.75 Å². The molecule has 1 saturated carbocycles. The van der Waals surface area contributed by atoms with E-state index < -0.39 is 17.8 Å². The standard InChI is InChI=1S/C19H24N2O4/c1-13-7-9-15(10-8-13)25-12-11-20-17(22)18(23)21(19(20)24)16-6-4-3-5-14(16)2/h7-10,14,16H,3-6,11-12H2,1-2H3/t14-,16+/m1/s1. The van der Waals surface area contributed by atoms with Gasteiger partial charge >= 0.3 is 17.8 Å². The second kappa shape index (κ2) is 7.25. The Balaban J connectivity index is 1.62. The van der Waals surface area contributed by atoms with Crippen LogP contribution in [0.25, 0.3) is 0 Å². The maximum absolute atomic E-state index is 12.6. The van der Waals surface area contributed by atoms with Crippen molar-refractivity contribution in [3.05, 3.63) is 29.8 Å². The fourth-order valence-corrected chi connectivity index (χ4v) is 3.58. The minimum absolute atomic E-state index is 0.0783. The minimum Gasteiger partial charge on any atom is -0.492 e. The number of benzene rings is 1. The lowest BCUT2D eigenvalue weighted by Crippen LogP contribution is -2.46. The number of carbonyl (C=O) groups is 3. The van der Waals surface area contributed by atoms with E-state index in [1.807, 2.05) is 38.1 Å². The number of hydrogen-bond acceptors (Lipinski definition) is 4. The van der Waals surface area contributed by atoms with Gasteiger partial charge in [-0.3, -0.25) is 19.4 Å². The molecule has 0 spiro atoms. The van der Waals surface area contributed by atoms with E-state index in [2.05, 4.69) is 0 Å². The second-order valence-corrected chi connectivity index (χ2v) is 6.91.